The first-order chi connectivity index (χ1) is 5.85. The van der Waals surface area contributed by atoms with Gasteiger partial charge < -0.3 is 4.74 Å². The second kappa shape index (κ2) is 3.06. The van der Waals surface area contributed by atoms with Crippen LogP contribution in [0.15, 0.2) is 0 Å². The van der Waals surface area contributed by atoms with Gasteiger partial charge in [0.1, 0.15) is 0 Å². The van der Waals surface area contributed by atoms with E-state index < -0.39 is 0 Å². The van der Waals surface area contributed by atoms with Crippen LogP contribution in [0.3, 0.4) is 0 Å². The molecule has 0 aromatic rings. The fourth-order valence-electron chi connectivity index (χ4n) is 2.58. The molecule has 1 aliphatic carbocycles. The predicted molar refractivity (Wildman–Crippen MR) is 45.4 cm³/mol. The van der Waals surface area contributed by atoms with E-state index in [1.807, 2.05) is 0 Å². The lowest BCUT2D eigenvalue weighted by atomic mass is 9.78. The highest BCUT2D eigenvalue weighted by atomic mass is 16.5. The van der Waals surface area contributed by atoms with Gasteiger partial charge in [-0.05, 0) is 37.5 Å². The van der Waals surface area contributed by atoms with Crippen LogP contribution >= 0.6 is 0 Å². The molecule has 12 heavy (non-hydrogen) atoms. The van der Waals surface area contributed by atoms with Gasteiger partial charge in [-0.3, -0.25) is 0 Å². The molecule has 1 unspecified atom stereocenters. The second-order valence-electron chi connectivity index (χ2n) is 4.18. The van der Waals surface area contributed by atoms with Gasteiger partial charge in [-0.1, -0.05) is 0 Å². The minimum atomic E-state index is 0.336. The summed E-state index contributed by atoms with van der Waals surface area (Å²) in [5.74, 6) is 0.336. The molecule has 0 bridgehead atoms. The third kappa shape index (κ3) is 1.34. The zero-order valence-corrected chi connectivity index (χ0v) is 7.38. The van der Waals surface area contributed by atoms with Crippen molar-refractivity contribution in [2.45, 2.75) is 32.1 Å². The Hall–Kier alpha value is -0.550. The second-order valence-corrected chi connectivity index (χ2v) is 4.18. The molecule has 0 aromatic heterocycles. The van der Waals surface area contributed by atoms with Crippen molar-refractivity contribution in [1.82, 2.24) is 0 Å². The summed E-state index contributed by atoms with van der Waals surface area (Å²) >= 11 is 0. The summed E-state index contributed by atoms with van der Waals surface area (Å²) in [7, 11) is 0. The molecule has 0 aromatic carbocycles. The standard InChI is InChI=1S/C10H15NO/c11-8-9-1-2-10(7-9)3-5-12-6-4-10/h9H,1-7H2. The Morgan fingerprint density at radius 1 is 1.25 bits per heavy atom. The normalized spacial score (nSPS) is 33.4. The van der Waals surface area contributed by atoms with E-state index in [-0.39, 0.29) is 0 Å². The summed E-state index contributed by atoms with van der Waals surface area (Å²) in [4.78, 5) is 0. The van der Waals surface area contributed by atoms with E-state index >= 15 is 0 Å². The molecular formula is C10H15NO. The van der Waals surface area contributed by atoms with Crippen LogP contribution in [-0.4, -0.2) is 13.2 Å². The molecular weight excluding hydrogens is 150 g/mol. The fraction of sp³-hybridized carbons (Fsp3) is 0.900. The lowest BCUT2D eigenvalue weighted by Gasteiger charge is -2.33. The highest BCUT2D eigenvalue weighted by Gasteiger charge is 2.39. The van der Waals surface area contributed by atoms with Crippen molar-refractivity contribution in [3.8, 4) is 6.07 Å². The maximum atomic E-state index is 8.80. The molecule has 1 saturated carbocycles. The maximum Gasteiger partial charge on any atom is 0.0655 e. The van der Waals surface area contributed by atoms with Crippen LogP contribution in [0, 0.1) is 22.7 Å². The molecule has 2 nitrogen and oxygen atoms in total. The van der Waals surface area contributed by atoms with Crippen LogP contribution in [-0.2, 0) is 4.74 Å². The van der Waals surface area contributed by atoms with Crippen LogP contribution in [0.25, 0.3) is 0 Å². The van der Waals surface area contributed by atoms with E-state index in [0.29, 0.717) is 11.3 Å². The molecule has 1 aliphatic heterocycles. The molecule has 1 atom stereocenters. The Bertz CT molecular complexity index is 200. The van der Waals surface area contributed by atoms with Crippen LogP contribution in [0.5, 0.6) is 0 Å². The SMILES string of the molecule is N#CC1CCC2(CCOCC2)C1. The minimum Gasteiger partial charge on any atom is -0.381 e. The summed E-state index contributed by atoms with van der Waals surface area (Å²) in [5.41, 5.74) is 0.499. The van der Waals surface area contributed by atoms with Gasteiger partial charge in [0.15, 0.2) is 0 Å². The van der Waals surface area contributed by atoms with E-state index in [2.05, 4.69) is 6.07 Å². The van der Waals surface area contributed by atoms with E-state index in [0.717, 1.165) is 26.1 Å². The third-order valence-electron chi connectivity index (χ3n) is 3.44. The molecule has 1 spiro atoms. The van der Waals surface area contributed by atoms with E-state index in [1.165, 1.54) is 19.3 Å². The van der Waals surface area contributed by atoms with Gasteiger partial charge in [-0.2, -0.15) is 5.26 Å². The fourth-order valence-corrected chi connectivity index (χ4v) is 2.58. The predicted octanol–water partition coefficient (Wildman–Crippen LogP) is 2.11. The van der Waals surface area contributed by atoms with Crippen molar-refractivity contribution >= 4 is 0 Å². The first-order valence-electron chi connectivity index (χ1n) is 4.82. The Kier molecular flexibility index (Phi) is 2.06. The summed E-state index contributed by atoms with van der Waals surface area (Å²) in [6.07, 6.45) is 5.88. The van der Waals surface area contributed by atoms with Gasteiger partial charge in [0.05, 0.1) is 6.07 Å². The summed E-state index contributed by atoms with van der Waals surface area (Å²) in [6, 6.07) is 2.39. The first-order valence-corrected chi connectivity index (χ1v) is 4.82. The van der Waals surface area contributed by atoms with Gasteiger partial charge >= 0.3 is 0 Å². The zero-order chi connectivity index (χ0) is 8.44. The molecule has 66 valence electrons. The first kappa shape index (κ1) is 8.07. The highest BCUT2D eigenvalue weighted by Crippen LogP contribution is 2.48. The van der Waals surface area contributed by atoms with E-state index in [9.17, 15) is 0 Å². The number of hydrogen-bond donors (Lipinski definition) is 0. The van der Waals surface area contributed by atoms with Crippen LogP contribution in [0.1, 0.15) is 32.1 Å². The Morgan fingerprint density at radius 3 is 2.58 bits per heavy atom. The topological polar surface area (TPSA) is 33.0 Å². The number of ether oxygens (including phenoxy) is 1. The van der Waals surface area contributed by atoms with Gasteiger partial charge in [-0.15, -0.1) is 0 Å². The molecule has 1 heterocycles. The molecule has 0 amide bonds. The molecule has 2 heteroatoms. The van der Waals surface area contributed by atoms with Crippen molar-refractivity contribution < 1.29 is 4.74 Å². The minimum absolute atomic E-state index is 0.336. The summed E-state index contributed by atoms with van der Waals surface area (Å²) in [6.45, 7) is 1.83. The smallest absolute Gasteiger partial charge is 0.0655 e. The summed E-state index contributed by atoms with van der Waals surface area (Å²) in [5, 5.41) is 8.80. The van der Waals surface area contributed by atoms with Gasteiger partial charge in [0, 0.05) is 19.1 Å². The molecule has 2 fully saturated rings. The van der Waals surface area contributed by atoms with Gasteiger partial charge in [0.25, 0.3) is 0 Å². The molecule has 2 rings (SSSR count). The van der Waals surface area contributed by atoms with E-state index in [1.54, 1.807) is 0 Å². The number of hydrogen-bond acceptors (Lipinski definition) is 2. The van der Waals surface area contributed by atoms with Crippen molar-refractivity contribution in [2.24, 2.45) is 11.3 Å². The molecule has 0 radical (unpaired) electrons. The van der Waals surface area contributed by atoms with Crippen molar-refractivity contribution in [3.63, 3.8) is 0 Å². The Balaban J connectivity index is 1.99. The van der Waals surface area contributed by atoms with Gasteiger partial charge in [-0.25, -0.2) is 0 Å². The monoisotopic (exact) mass is 165 g/mol. The molecule has 2 aliphatic rings. The largest absolute Gasteiger partial charge is 0.381 e. The Morgan fingerprint density at radius 2 is 2.00 bits per heavy atom. The van der Waals surface area contributed by atoms with Crippen LogP contribution < -0.4 is 0 Å². The maximum absolute atomic E-state index is 8.80. The lowest BCUT2D eigenvalue weighted by Crippen LogP contribution is -2.26. The van der Waals surface area contributed by atoms with Crippen molar-refractivity contribution in [3.05, 3.63) is 0 Å². The van der Waals surface area contributed by atoms with Crippen molar-refractivity contribution in [2.75, 3.05) is 13.2 Å². The zero-order valence-electron chi connectivity index (χ0n) is 7.38. The van der Waals surface area contributed by atoms with Crippen LogP contribution in [0.2, 0.25) is 0 Å². The quantitative estimate of drug-likeness (QED) is 0.550. The molecule has 0 N–H and O–H groups in total. The number of rotatable bonds is 0. The number of nitriles is 1. The van der Waals surface area contributed by atoms with E-state index in [4.69, 9.17) is 10.00 Å². The lowest BCUT2D eigenvalue weighted by molar-refractivity contribution is 0.0171. The molecule has 1 saturated heterocycles. The average molecular weight is 165 g/mol. The third-order valence-corrected chi connectivity index (χ3v) is 3.44. The van der Waals surface area contributed by atoms with Crippen molar-refractivity contribution in [1.29, 1.82) is 5.26 Å². The summed E-state index contributed by atoms with van der Waals surface area (Å²) < 4.78 is 5.34. The van der Waals surface area contributed by atoms with Crippen LogP contribution in [0.4, 0.5) is 0 Å². The van der Waals surface area contributed by atoms with Gasteiger partial charge in [0.2, 0.25) is 0 Å². The average Bonchev–Trinajstić information content (AvgIpc) is 2.50. The Labute approximate surface area is 73.5 Å². The number of nitrogens with zero attached hydrogens (tertiary/aromatic N) is 1. The highest BCUT2D eigenvalue weighted by molar-refractivity contribution is 4.98.